The van der Waals surface area contributed by atoms with Gasteiger partial charge < -0.3 is 13.5 Å². The molecule has 0 spiro atoms. The Morgan fingerprint density at radius 1 is 1.22 bits per heavy atom. The van der Waals surface area contributed by atoms with Crippen molar-refractivity contribution in [3.05, 3.63) is 6.43 Å². The number of carbonyl (C=O) groups excluding carboxylic acids is 2. The molecule has 6 heteroatoms. The van der Waals surface area contributed by atoms with Crippen molar-refractivity contribution < 1.29 is 52.7 Å². The van der Waals surface area contributed by atoms with E-state index in [1.165, 1.54) is 0 Å². The summed E-state index contributed by atoms with van der Waals surface area (Å²) in [5.74, 6) is -1.05. The zero-order valence-corrected chi connectivity index (χ0v) is 12.2. The van der Waals surface area contributed by atoms with Crippen LogP contribution in [0.1, 0.15) is 32.1 Å². The number of carbonyl (C=O) groups is 2. The van der Waals surface area contributed by atoms with Crippen molar-refractivity contribution in [2.24, 2.45) is 17.8 Å². The first-order chi connectivity index (χ1) is 7.99. The van der Waals surface area contributed by atoms with Gasteiger partial charge in [-0.25, -0.2) is 0 Å². The van der Waals surface area contributed by atoms with E-state index in [1.807, 2.05) is 0 Å². The van der Waals surface area contributed by atoms with E-state index >= 15 is 0 Å². The van der Waals surface area contributed by atoms with Crippen molar-refractivity contribution in [2.75, 3.05) is 0 Å². The van der Waals surface area contributed by atoms with Crippen LogP contribution in [0.5, 0.6) is 0 Å². The van der Waals surface area contributed by atoms with E-state index in [2.05, 4.69) is 0 Å². The fourth-order valence-corrected chi connectivity index (χ4v) is 4.04. The van der Waals surface area contributed by atoms with Gasteiger partial charge in [-0.05, 0) is 38.0 Å². The summed E-state index contributed by atoms with van der Waals surface area (Å²) in [6, 6.07) is 0. The molecule has 0 heterocycles. The van der Waals surface area contributed by atoms with Crippen molar-refractivity contribution in [3.8, 4) is 0 Å². The van der Waals surface area contributed by atoms with Crippen LogP contribution in [0, 0.1) is 24.2 Å². The molecule has 0 aromatic heterocycles. The van der Waals surface area contributed by atoms with Crippen molar-refractivity contribution in [3.63, 3.8) is 0 Å². The number of rotatable bonds is 2. The van der Waals surface area contributed by atoms with Gasteiger partial charge >= 0.3 is 29.6 Å². The first kappa shape index (κ1) is 14.3. The third-order valence-electron chi connectivity index (χ3n) is 4.40. The second-order valence-electron chi connectivity index (χ2n) is 5.58. The topological polar surface area (TPSA) is 43.4 Å². The second kappa shape index (κ2) is 4.76. The summed E-state index contributed by atoms with van der Waals surface area (Å²) in [7, 11) is 0. The molecule has 2 unspecified atom stereocenters. The van der Waals surface area contributed by atoms with Crippen molar-refractivity contribution in [1.82, 2.24) is 0 Å². The number of hydrogen-bond donors (Lipinski definition) is 0. The fraction of sp³-hybridized carbons (Fsp3) is 0.750. The molecule has 0 radical (unpaired) electrons. The molecule has 4 saturated carbocycles. The largest absolute Gasteiger partial charge is 1.00 e. The Morgan fingerprint density at radius 3 is 2.28 bits per heavy atom. The van der Waals surface area contributed by atoms with Crippen LogP contribution in [0.4, 0.5) is 8.78 Å². The van der Waals surface area contributed by atoms with Gasteiger partial charge in [-0.1, -0.05) is 0 Å². The minimum atomic E-state index is -2.30. The molecule has 4 aliphatic rings. The standard InChI is InChI=1S/C12H13F2O3.Na/c13-10(14)11(16)17-12-3-6-1-7(4-12)9(15)8(2-6)5-12;/h6-8H,1-5H2;/q-1;+1. The maximum absolute atomic E-state index is 12.2. The molecule has 94 valence electrons. The van der Waals surface area contributed by atoms with Crippen LogP contribution in [0.15, 0.2) is 0 Å². The molecule has 0 aromatic carbocycles. The number of hydrogen-bond acceptors (Lipinski definition) is 3. The number of Topliss-reactive ketones (excluding diaryl/α,β-unsaturated/α-hetero) is 1. The predicted molar refractivity (Wildman–Crippen MR) is 52.8 cm³/mol. The zero-order chi connectivity index (χ0) is 12.2. The Labute approximate surface area is 126 Å². The molecular weight excluding hydrogens is 253 g/mol. The van der Waals surface area contributed by atoms with E-state index < -0.39 is 18.0 Å². The van der Waals surface area contributed by atoms with Crippen molar-refractivity contribution in [2.45, 2.75) is 37.7 Å². The number of esters is 1. The molecule has 2 atom stereocenters. The smallest absolute Gasteiger partial charge is 0.477 e. The fourth-order valence-electron chi connectivity index (χ4n) is 4.04. The second-order valence-corrected chi connectivity index (χ2v) is 5.58. The summed E-state index contributed by atoms with van der Waals surface area (Å²) < 4.78 is 29.3. The van der Waals surface area contributed by atoms with Crippen molar-refractivity contribution in [1.29, 1.82) is 0 Å². The molecule has 18 heavy (non-hydrogen) atoms. The summed E-state index contributed by atoms with van der Waals surface area (Å²) in [6.45, 7) is 0. The number of halogens is 2. The van der Waals surface area contributed by atoms with Crippen LogP contribution < -0.4 is 29.6 Å². The molecule has 3 nitrogen and oxygen atoms in total. The molecule has 4 aliphatic carbocycles. The summed E-state index contributed by atoms with van der Waals surface area (Å²) in [5, 5.41) is 0. The Kier molecular flexibility index (Phi) is 3.78. The van der Waals surface area contributed by atoms with Crippen molar-refractivity contribution >= 4 is 11.8 Å². The predicted octanol–water partition coefficient (Wildman–Crippen LogP) is -0.890. The first-order valence-electron chi connectivity index (χ1n) is 5.94. The van der Waals surface area contributed by atoms with Gasteiger partial charge in [0.15, 0.2) is 0 Å². The number of ether oxygens (including phenoxy) is 1. The van der Waals surface area contributed by atoms with Crippen LogP contribution in [-0.4, -0.2) is 17.4 Å². The van der Waals surface area contributed by atoms with Gasteiger partial charge in [0.2, 0.25) is 5.97 Å². The maximum Gasteiger partial charge on any atom is 1.00 e. The molecule has 4 fully saturated rings. The quantitative estimate of drug-likeness (QED) is 0.370. The Balaban J connectivity index is 0.00000120. The van der Waals surface area contributed by atoms with Crippen LogP contribution >= 0.6 is 0 Å². The number of ketones is 1. The minimum absolute atomic E-state index is 0. The zero-order valence-electron chi connectivity index (χ0n) is 10.2. The Morgan fingerprint density at radius 2 is 1.78 bits per heavy atom. The average molecular weight is 266 g/mol. The van der Waals surface area contributed by atoms with Crippen LogP contribution in [0.2, 0.25) is 0 Å². The summed E-state index contributed by atoms with van der Waals surface area (Å²) >= 11 is 0. The van der Waals surface area contributed by atoms with E-state index in [0.29, 0.717) is 25.2 Å². The van der Waals surface area contributed by atoms with Crippen LogP contribution in [-0.2, 0) is 14.3 Å². The molecule has 4 bridgehead atoms. The van der Waals surface area contributed by atoms with Gasteiger partial charge in [0.05, 0.1) is 0 Å². The van der Waals surface area contributed by atoms with Gasteiger partial charge in [0.25, 0.3) is 0 Å². The SMILES string of the molecule is O=C(OC12CC3CC(C1)C(=O)C(C3)C2)[C-](F)F.[Na+]. The molecule has 0 saturated heterocycles. The van der Waals surface area contributed by atoms with E-state index in [9.17, 15) is 18.4 Å². The van der Waals surface area contributed by atoms with Gasteiger partial charge in [-0.2, -0.15) is 0 Å². The molecule has 0 aromatic rings. The molecule has 4 rings (SSSR count). The summed E-state index contributed by atoms with van der Waals surface area (Å²) in [4.78, 5) is 22.9. The molecule has 0 amide bonds. The third kappa shape index (κ3) is 2.21. The molecule has 0 N–H and O–H groups in total. The van der Waals surface area contributed by atoms with Gasteiger partial charge in [-0.3, -0.25) is 9.59 Å². The average Bonchev–Trinajstić information content (AvgIpc) is 2.23. The van der Waals surface area contributed by atoms with E-state index in [4.69, 9.17) is 4.74 Å². The van der Waals surface area contributed by atoms with Gasteiger partial charge in [0, 0.05) is 18.3 Å². The Bertz CT molecular complexity index is 368. The third-order valence-corrected chi connectivity index (χ3v) is 4.40. The normalized spacial score (nSPS) is 40.3. The van der Waals surface area contributed by atoms with E-state index in [0.717, 1.165) is 12.8 Å². The van der Waals surface area contributed by atoms with E-state index in [-0.39, 0.29) is 47.2 Å². The monoisotopic (exact) mass is 266 g/mol. The Hall–Kier alpha value is -0.130. The molecule has 0 aliphatic heterocycles. The summed E-state index contributed by atoms with van der Waals surface area (Å²) in [6.07, 6.45) is 0.918. The van der Waals surface area contributed by atoms with Crippen LogP contribution in [0.3, 0.4) is 0 Å². The van der Waals surface area contributed by atoms with Gasteiger partial charge in [-0.15, -0.1) is 0 Å². The molecular formula is C12H13F2NaO3. The maximum atomic E-state index is 12.2. The van der Waals surface area contributed by atoms with Crippen LogP contribution in [0.25, 0.3) is 0 Å². The van der Waals surface area contributed by atoms with E-state index in [1.54, 1.807) is 0 Å². The van der Waals surface area contributed by atoms with Gasteiger partial charge in [0.1, 0.15) is 11.4 Å². The first-order valence-corrected chi connectivity index (χ1v) is 5.94. The summed E-state index contributed by atoms with van der Waals surface area (Å²) in [5.41, 5.74) is -0.787. The minimum Gasteiger partial charge on any atom is -0.477 e.